The van der Waals surface area contributed by atoms with Crippen LogP contribution in [0.15, 0.2) is 15.9 Å². The molecule has 1 heterocycles. The maximum atomic E-state index is 9.85. The quantitative estimate of drug-likeness (QED) is 0.819. The number of hydrogen-bond donors (Lipinski definition) is 1. The van der Waals surface area contributed by atoms with Crippen LogP contribution in [0, 0.1) is 0 Å². The van der Waals surface area contributed by atoms with Gasteiger partial charge >= 0.3 is 0 Å². The van der Waals surface area contributed by atoms with E-state index in [4.69, 9.17) is 0 Å². The highest BCUT2D eigenvalue weighted by molar-refractivity contribution is 9.10. The fourth-order valence-electron chi connectivity index (χ4n) is 1.99. The molecule has 3 heteroatoms. The summed E-state index contributed by atoms with van der Waals surface area (Å²) in [5, 5.41) is 11.9. The summed E-state index contributed by atoms with van der Waals surface area (Å²) in [5.74, 6) is 0.378. The number of aliphatic hydroxyl groups excluding tert-OH is 1. The van der Waals surface area contributed by atoms with E-state index in [9.17, 15) is 5.11 Å². The Morgan fingerprint density at radius 1 is 1.38 bits per heavy atom. The number of aliphatic hydroxyl groups is 1. The first kappa shape index (κ1) is 9.69. The van der Waals surface area contributed by atoms with Gasteiger partial charge in [0.1, 0.15) is 0 Å². The van der Waals surface area contributed by atoms with Gasteiger partial charge < -0.3 is 5.11 Å². The minimum absolute atomic E-state index is 0.122. The Morgan fingerprint density at radius 3 is 2.77 bits per heavy atom. The van der Waals surface area contributed by atoms with Crippen LogP contribution in [0.2, 0.25) is 0 Å². The SMILES string of the molecule is OC1CCCCC1c1sccc1Br. The van der Waals surface area contributed by atoms with Crippen molar-refractivity contribution in [3.8, 4) is 0 Å². The van der Waals surface area contributed by atoms with Gasteiger partial charge in [0.25, 0.3) is 0 Å². The fraction of sp³-hybridized carbons (Fsp3) is 0.600. The summed E-state index contributed by atoms with van der Waals surface area (Å²) in [6, 6.07) is 2.07. The summed E-state index contributed by atoms with van der Waals surface area (Å²) >= 11 is 5.28. The van der Waals surface area contributed by atoms with Gasteiger partial charge in [-0.15, -0.1) is 11.3 Å². The molecule has 1 N–H and O–H groups in total. The molecule has 0 saturated heterocycles. The smallest absolute Gasteiger partial charge is 0.0617 e. The van der Waals surface area contributed by atoms with E-state index in [1.54, 1.807) is 11.3 Å². The van der Waals surface area contributed by atoms with Crippen molar-refractivity contribution in [3.63, 3.8) is 0 Å². The van der Waals surface area contributed by atoms with Gasteiger partial charge in [0.2, 0.25) is 0 Å². The average molecular weight is 261 g/mol. The zero-order chi connectivity index (χ0) is 9.26. The van der Waals surface area contributed by atoms with Crippen LogP contribution < -0.4 is 0 Å². The molecular formula is C10H13BrOS. The third-order valence-electron chi connectivity index (χ3n) is 2.71. The lowest BCUT2D eigenvalue weighted by Crippen LogP contribution is -2.21. The first-order chi connectivity index (χ1) is 6.29. The minimum Gasteiger partial charge on any atom is -0.392 e. The second-order valence-electron chi connectivity index (χ2n) is 3.59. The Hall–Kier alpha value is 0.140. The summed E-state index contributed by atoms with van der Waals surface area (Å²) in [5.41, 5.74) is 0. The molecule has 2 unspecified atom stereocenters. The van der Waals surface area contributed by atoms with Crippen molar-refractivity contribution < 1.29 is 5.11 Å². The predicted octanol–water partition coefficient (Wildman–Crippen LogP) is 3.53. The fourth-order valence-corrected chi connectivity index (χ4v) is 3.85. The summed E-state index contributed by atoms with van der Waals surface area (Å²) in [6.45, 7) is 0. The van der Waals surface area contributed by atoms with E-state index in [1.165, 1.54) is 22.2 Å². The Morgan fingerprint density at radius 2 is 2.15 bits per heavy atom. The molecule has 1 saturated carbocycles. The highest BCUT2D eigenvalue weighted by atomic mass is 79.9. The van der Waals surface area contributed by atoms with Gasteiger partial charge in [-0.25, -0.2) is 0 Å². The lowest BCUT2D eigenvalue weighted by atomic mass is 9.85. The molecule has 1 aromatic heterocycles. The van der Waals surface area contributed by atoms with E-state index in [-0.39, 0.29) is 6.10 Å². The van der Waals surface area contributed by atoms with Crippen LogP contribution in [0.1, 0.15) is 36.5 Å². The maximum absolute atomic E-state index is 9.85. The summed E-state index contributed by atoms with van der Waals surface area (Å²) in [7, 11) is 0. The molecule has 1 aliphatic carbocycles. The summed E-state index contributed by atoms with van der Waals surface area (Å²) < 4.78 is 1.17. The van der Waals surface area contributed by atoms with E-state index in [0.717, 1.165) is 12.8 Å². The third kappa shape index (κ3) is 1.97. The Kier molecular flexibility index (Phi) is 3.06. The van der Waals surface area contributed by atoms with Crippen molar-refractivity contribution in [2.75, 3.05) is 0 Å². The van der Waals surface area contributed by atoms with Crippen LogP contribution in [-0.4, -0.2) is 11.2 Å². The number of halogens is 1. The van der Waals surface area contributed by atoms with Crippen molar-refractivity contribution in [3.05, 3.63) is 20.8 Å². The van der Waals surface area contributed by atoms with Crippen LogP contribution in [0.4, 0.5) is 0 Å². The van der Waals surface area contributed by atoms with Crippen molar-refractivity contribution >= 4 is 27.3 Å². The van der Waals surface area contributed by atoms with Crippen LogP contribution in [0.5, 0.6) is 0 Å². The molecule has 2 atom stereocenters. The van der Waals surface area contributed by atoms with Crippen LogP contribution >= 0.6 is 27.3 Å². The molecular weight excluding hydrogens is 248 g/mol. The Labute approximate surface area is 90.9 Å². The molecule has 0 amide bonds. The average Bonchev–Trinajstić information content (AvgIpc) is 2.52. The number of hydrogen-bond acceptors (Lipinski definition) is 2. The highest BCUT2D eigenvalue weighted by Gasteiger charge is 2.26. The van der Waals surface area contributed by atoms with Gasteiger partial charge in [-0.2, -0.15) is 0 Å². The lowest BCUT2D eigenvalue weighted by molar-refractivity contribution is 0.107. The topological polar surface area (TPSA) is 20.2 Å². The van der Waals surface area contributed by atoms with E-state index < -0.39 is 0 Å². The highest BCUT2D eigenvalue weighted by Crippen LogP contribution is 2.39. The summed E-state index contributed by atoms with van der Waals surface area (Å²) in [4.78, 5) is 1.33. The second kappa shape index (κ2) is 4.11. The van der Waals surface area contributed by atoms with E-state index >= 15 is 0 Å². The van der Waals surface area contributed by atoms with Gasteiger partial charge in [-0.05, 0) is 40.2 Å². The lowest BCUT2D eigenvalue weighted by Gasteiger charge is -2.26. The monoisotopic (exact) mass is 260 g/mol. The van der Waals surface area contributed by atoms with Crippen molar-refractivity contribution in [1.82, 2.24) is 0 Å². The van der Waals surface area contributed by atoms with Gasteiger partial charge in [0.05, 0.1) is 6.10 Å². The molecule has 13 heavy (non-hydrogen) atoms. The minimum atomic E-state index is -0.122. The molecule has 1 fully saturated rings. The molecule has 0 spiro atoms. The molecule has 0 aliphatic heterocycles. The maximum Gasteiger partial charge on any atom is 0.0617 e. The van der Waals surface area contributed by atoms with Gasteiger partial charge in [0.15, 0.2) is 0 Å². The van der Waals surface area contributed by atoms with Crippen LogP contribution in [-0.2, 0) is 0 Å². The van der Waals surface area contributed by atoms with E-state index in [0.29, 0.717) is 5.92 Å². The molecule has 1 nitrogen and oxygen atoms in total. The Balaban J connectivity index is 2.19. The van der Waals surface area contributed by atoms with Crippen molar-refractivity contribution in [1.29, 1.82) is 0 Å². The number of thiophene rings is 1. The predicted molar refractivity (Wildman–Crippen MR) is 59.2 cm³/mol. The van der Waals surface area contributed by atoms with E-state index in [1.807, 2.05) is 0 Å². The van der Waals surface area contributed by atoms with Gasteiger partial charge in [0, 0.05) is 15.3 Å². The van der Waals surface area contributed by atoms with Crippen LogP contribution in [0.25, 0.3) is 0 Å². The Bertz CT molecular complexity index is 284. The standard InChI is InChI=1S/C10H13BrOS/c11-8-5-6-13-10(8)7-3-1-2-4-9(7)12/h5-7,9,12H,1-4H2. The van der Waals surface area contributed by atoms with Gasteiger partial charge in [-0.1, -0.05) is 12.8 Å². The zero-order valence-electron chi connectivity index (χ0n) is 7.37. The molecule has 72 valence electrons. The molecule has 0 radical (unpaired) electrons. The molecule has 1 aliphatic rings. The summed E-state index contributed by atoms with van der Waals surface area (Å²) in [6.07, 6.45) is 4.42. The molecule has 2 rings (SSSR count). The first-order valence-electron chi connectivity index (χ1n) is 4.70. The largest absolute Gasteiger partial charge is 0.392 e. The van der Waals surface area contributed by atoms with Crippen molar-refractivity contribution in [2.45, 2.75) is 37.7 Å². The van der Waals surface area contributed by atoms with Gasteiger partial charge in [-0.3, -0.25) is 0 Å². The second-order valence-corrected chi connectivity index (χ2v) is 5.39. The molecule has 0 bridgehead atoms. The molecule has 0 aromatic carbocycles. The normalized spacial score (nSPS) is 29.1. The number of rotatable bonds is 1. The van der Waals surface area contributed by atoms with E-state index in [2.05, 4.69) is 27.4 Å². The van der Waals surface area contributed by atoms with Crippen molar-refractivity contribution in [2.24, 2.45) is 0 Å². The van der Waals surface area contributed by atoms with Crippen LogP contribution in [0.3, 0.4) is 0 Å². The first-order valence-corrected chi connectivity index (χ1v) is 6.37. The third-order valence-corrected chi connectivity index (χ3v) is 4.71. The zero-order valence-corrected chi connectivity index (χ0v) is 9.77. The molecule has 1 aromatic rings.